The van der Waals surface area contributed by atoms with E-state index in [0.717, 1.165) is 12.8 Å². The quantitative estimate of drug-likeness (QED) is 0.610. The minimum absolute atomic E-state index is 0.932. The van der Waals surface area contributed by atoms with E-state index in [-0.39, 0.29) is 0 Å². The highest BCUT2D eigenvalue weighted by molar-refractivity contribution is 9.13. The average Bonchev–Trinajstić information content (AvgIpc) is 3.11. The Kier molecular flexibility index (Phi) is 3.96. The highest BCUT2D eigenvalue weighted by Crippen LogP contribution is 2.39. The van der Waals surface area contributed by atoms with Crippen molar-refractivity contribution in [3.8, 4) is 0 Å². The molecule has 0 aliphatic carbocycles. The number of halogens is 2. The lowest BCUT2D eigenvalue weighted by Gasteiger charge is -1.95. The third-order valence-electron chi connectivity index (χ3n) is 2.96. The topological polar surface area (TPSA) is 31.6 Å². The second-order valence-corrected chi connectivity index (χ2v) is 7.10. The van der Waals surface area contributed by atoms with Crippen molar-refractivity contribution in [3.63, 3.8) is 0 Å². The lowest BCUT2D eigenvalue weighted by atomic mass is 10.2. The Balaban J connectivity index is 1.86. The van der Waals surface area contributed by atoms with E-state index in [1.165, 1.54) is 30.1 Å². The zero-order chi connectivity index (χ0) is 13.2. The Morgan fingerprint density at radius 2 is 1.32 bits per heavy atom. The Hall–Kier alpha value is -0.780. The first kappa shape index (κ1) is 13.2. The molecule has 0 spiro atoms. The van der Waals surface area contributed by atoms with Crippen molar-refractivity contribution >= 4 is 43.2 Å². The van der Waals surface area contributed by atoms with Crippen LogP contribution >= 0.6 is 43.2 Å². The van der Waals surface area contributed by atoms with Gasteiger partial charge in [0.1, 0.15) is 0 Å². The van der Waals surface area contributed by atoms with E-state index in [4.69, 9.17) is 0 Å². The molecule has 0 fully saturated rings. The monoisotopic (exact) mass is 398 g/mol. The minimum atomic E-state index is 0.932. The van der Waals surface area contributed by atoms with Gasteiger partial charge in [0, 0.05) is 55.3 Å². The molecule has 0 aromatic carbocycles. The van der Waals surface area contributed by atoms with Gasteiger partial charge in [0.15, 0.2) is 0 Å². The lowest BCUT2D eigenvalue weighted by molar-refractivity contribution is 1.12. The number of nitrogens with one attached hydrogen (secondary N) is 2. The molecule has 0 aliphatic heterocycles. The van der Waals surface area contributed by atoms with Gasteiger partial charge in [-0.1, -0.05) is 0 Å². The number of rotatable bonds is 4. The van der Waals surface area contributed by atoms with Crippen LogP contribution in [0.2, 0.25) is 0 Å². The van der Waals surface area contributed by atoms with Crippen LogP contribution in [0, 0.1) is 0 Å². The van der Waals surface area contributed by atoms with Crippen LogP contribution in [-0.4, -0.2) is 9.97 Å². The van der Waals surface area contributed by atoms with Crippen LogP contribution in [0.3, 0.4) is 0 Å². The smallest absolute Gasteiger partial charge is 0.0463 e. The zero-order valence-electron chi connectivity index (χ0n) is 10.0. The van der Waals surface area contributed by atoms with Gasteiger partial charge in [-0.3, -0.25) is 0 Å². The standard InChI is InChI=1S/C14H12Br2N2S/c15-13-11(7-9-3-1-5-17-9)19-12(14(13)16)8-10-4-2-6-18-10/h1-6,17-18H,7-8H2. The van der Waals surface area contributed by atoms with Gasteiger partial charge < -0.3 is 9.97 Å². The molecule has 3 heterocycles. The molecular weight excluding hydrogens is 388 g/mol. The molecule has 0 amide bonds. The maximum absolute atomic E-state index is 3.69. The van der Waals surface area contributed by atoms with Crippen LogP contribution < -0.4 is 0 Å². The van der Waals surface area contributed by atoms with Crippen LogP contribution in [0.15, 0.2) is 45.6 Å². The van der Waals surface area contributed by atoms with E-state index in [1.807, 2.05) is 35.9 Å². The van der Waals surface area contributed by atoms with Crippen molar-refractivity contribution in [2.45, 2.75) is 12.8 Å². The lowest BCUT2D eigenvalue weighted by Crippen LogP contribution is -1.84. The van der Waals surface area contributed by atoms with Crippen molar-refractivity contribution in [3.05, 3.63) is 66.7 Å². The number of H-pyrrole nitrogens is 2. The first-order valence-electron chi connectivity index (χ1n) is 5.94. The summed E-state index contributed by atoms with van der Waals surface area (Å²) in [5.74, 6) is 0. The molecule has 5 heteroatoms. The molecule has 0 saturated heterocycles. The normalized spacial score (nSPS) is 11.1. The van der Waals surface area contributed by atoms with Gasteiger partial charge in [-0.25, -0.2) is 0 Å². The summed E-state index contributed by atoms with van der Waals surface area (Å²) in [6.45, 7) is 0. The second kappa shape index (κ2) is 5.69. The fourth-order valence-corrected chi connectivity index (χ4v) is 4.65. The third kappa shape index (κ3) is 2.88. The number of hydrogen-bond acceptors (Lipinski definition) is 1. The highest BCUT2D eigenvalue weighted by Gasteiger charge is 2.15. The predicted molar refractivity (Wildman–Crippen MR) is 86.9 cm³/mol. The molecule has 0 atom stereocenters. The maximum Gasteiger partial charge on any atom is 0.0463 e. The average molecular weight is 400 g/mol. The molecule has 19 heavy (non-hydrogen) atoms. The first-order valence-corrected chi connectivity index (χ1v) is 8.34. The predicted octanol–water partition coefficient (Wildman–Crippen LogP) is 5.11. The molecule has 0 bridgehead atoms. The molecule has 3 aromatic rings. The summed E-state index contributed by atoms with van der Waals surface area (Å²) >= 11 is 9.23. The fraction of sp³-hybridized carbons (Fsp3) is 0.143. The summed E-state index contributed by atoms with van der Waals surface area (Å²) in [7, 11) is 0. The number of aromatic nitrogens is 2. The van der Waals surface area contributed by atoms with Crippen LogP contribution in [-0.2, 0) is 12.8 Å². The fourth-order valence-electron chi connectivity index (χ4n) is 2.01. The van der Waals surface area contributed by atoms with Crippen LogP contribution in [0.1, 0.15) is 21.1 Å². The van der Waals surface area contributed by atoms with Gasteiger partial charge >= 0.3 is 0 Å². The molecule has 3 aromatic heterocycles. The summed E-state index contributed by atoms with van der Waals surface area (Å²) in [4.78, 5) is 9.19. The molecule has 0 radical (unpaired) electrons. The van der Waals surface area contributed by atoms with Crippen LogP contribution in [0.5, 0.6) is 0 Å². The first-order chi connectivity index (χ1) is 9.24. The summed E-state index contributed by atoms with van der Waals surface area (Å²) in [5, 5.41) is 0. The summed E-state index contributed by atoms with van der Waals surface area (Å²) in [6, 6.07) is 8.30. The number of thiophene rings is 1. The Morgan fingerprint density at radius 1 is 0.842 bits per heavy atom. The van der Waals surface area contributed by atoms with Gasteiger partial charge in [-0.05, 0) is 56.1 Å². The van der Waals surface area contributed by atoms with E-state index in [1.54, 1.807) is 0 Å². The van der Waals surface area contributed by atoms with Crippen molar-refractivity contribution in [2.24, 2.45) is 0 Å². The van der Waals surface area contributed by atoms with Gasteiger partial charge in [0.25, 0.3) is 0 Å². The van der Waals surface area contributed by atoms with Crippen LogP contribution in [0.4, 0.5) is 0 Å². The third-order valence-corrected chi connectivity index (χ3v) is 6.95. The van der Waals surface area contributed by atoms with E-state index in [9.17, 15) is 0 Å². The Morgan fingerprint density at radius 3 is 1.68 bits per heavy atom. The van der Waals surface area contributed by atoms with E-state index in [2.05, 4.69) is 54.0 Å². The SMILES string of the molecule is Brc1c(Cc2ccc[nH]2)sc(Cc2ccc[nH]2)c1Br. The van der Waals surface area contributed by atoms with Gasteiger partial charge in [0.05, 0.1) is 0 Å². The summed E-state index contributed by atoms with van der Waals surface area (Å²) < 4.78 is 2.35. The van der Waals surface area contributed by atoms with Crippen molar-refractivity contribution < 1.29 is 0 Å². The molecule has 2 N–H and O–H groups in total. The van der Waals surface area contributed by atoms with Crippen LogP contribution in [0.25, 0.3) is 0 Å². The van der Waals surface area contributed by atoms with E-state index >= 15 is 0 Å². The van der Waals surface area contributed by atoms with E-state index < -0.39 is 0 Å². The Labute approximate surface area is 132 Å². The molecule has 2 nitrogen and oxygen atoms in total. The second-order valence-electron chi connectivity index (χ2n) is 4.32. The minimum Gasteiger partial charge on any atom is -0.365 e. The molecule has 3 rings (SSSR count). The highest BCUT2D eigenvalue weighted by atomic mass is 79.9. The van der Waals surface area contributed by atoms with Gasteiger partial charge in [-0.15, -0.1) is 11.3 Å². The summed E-state index contributed by atoms with van der Waals surface area (Å²) in [6.07, 6.45) is 5.79. The molecule has 98 valence electrons. The maximum atomic E-state index is 3.69. The van der Waals surface area contributed by atoms with Gasteiger partial charge in [-0.2, -0.15) is 0 Å². The zero-order valence-corrected chi connectivity index (χ0v) is 14.0. The molecule has 0 saturated carbocycles. The molecular formula is C14H12Br2N2S. The Bertz CT molecular complexity index is 597. The largest absolute Gasteiger partial charge is 0.365 e. The number of aromatic amines is 2. The summed E-state index contributed by atoms with van der Waals surface area (Å²) in [5.41, 5.74) is 2.47. The van der Waals surface area contributed by atoms with Crippen molar-refractivity contribution in [1.82, 2.24) is 9.97 Å². The molecule has 0 unspecified atom stereocenters. The molecule has 0 aliphatic rings. The number of hydrogen-bond donors (Lipinski definition) is 2. The van der Waals surface area contributed by atoms with Crippen molar-refractivity contribution in [1.29, 1.82) is 0 Å². The van der Waals surface area contributed by atoms with E-state index in [0.29, 0.717) is 0 Å². The van der Waals surface area contributed by atoms with Crippen molar-refractivity contribution in [2.75, 3.05) is 0 Å². The van der Waals surface area contributed by atoms with Gasteiger partial charge in [0.2, 0.25) is 0 Å².